The molecule has 0 aliphatic carbocycles. The maximum Gasteiger partial charge on any atom is 0.227 e. The molecule has 19 heavy (non-hydrogen) atoms. The lowest BCUT2D eigenvalue weighted by Crippen LogP contribution is -2.44. The predicted molar refractivity (Wildman–Crippen MR) is 73.0 cm³/mol. The Morgan fingerprint density at radius 1 is 1.58 bits per heavy atom. The zero-order valence-electron chi connectivity index (χ0n) is 11.0. The molecule has 1 atom stereocenters. The number of oxime groups is 1. The van der Waals surface area contributed by atoms with Crippen LogP contribution in [0.1, 0.15) is 24.0 Å². The molecule has 1 unspecified atom stereocenters. The van der Waals surface area contributed by atoms with E-state index in [1.165, 1.54) is 0 Å². The number of nitrogens with zero attached hydrogens (tertiary/aromatic N) is 2. The van der Waals surface area contributed by atoms with Crippen molar-refractivity contribution < 1.29 is 10.0 Å². The Labute approximate surface area is 112 Å². The first kappa shape index (κ1) is 13.4. The summed E-state index contributed by atoms with van der Waals surface area (Å²) in [5, 5.41) is 11.8. The van der Waals surface area contributed by atoms with Crippen molar-refractivity contribution in [2.24, 2.45) is 10.9 Å². The third-order valence-corrected chi connectivity index (χ3v) is 3.47. The average molecular weight is 261 g/mol. The van der Waals surface area contributed by atoms with E-state index in [9.17, 15) is 4.79 Å². The monoisotopic (exact) mass is 261 g/mol. The summed E-state index contributed by atoms with van der Waals surface area (Å²) in [6, 6.07) is 7.64. The number of benzene rings is 1. The molecule has 0 radical (unpaired) electrons. The van der Waals surface area contributed by atoms with Crippen LogP contribution in [-0.2, 0) is 11.2 Å². The summed E-state index contributed by atoms with van der Waals surface area (Å²) < 4.78 is 0. The van der Waals surface area contributed by atoms with Crippen molar-refractivity contribution in [3.63, 3.8) is 0 Å². The van der Waals surface area contributed by atoms with Crippen LogP contribution in [0.2, 0.25) is 0 Å². The van der Waals surface area contributed by atoms with Crippen molar-refractivity contribution >= 4 is 11.7 Å². The van der Waals surface area contributed by atoms with Crippen LogP contribution in [-0.4, -0.2) is 34.4 Å². The highest BCUT2D eigenvalue weighted by molar-refractivity contribution is 5.91. The molecule has 1 fully saturated rings. The Morgan fingerprint density at radius 2 is 2.37 bits per heavy atom. The summed E-state index contributed by atoms with van der Waals surface area (Å²) in [6.07, 6.45) is 2.01. The van der Waals surface area contributed by atoms with Crippen molar-refractivity contribution in [1.29, 1.82) is 0 Å². The van der Waals surface area contributed by atoms with Gasteiger partial charge in [0.1, 0.15) is 0 Å². The second kappa shape index (κ2) is 5.73. The minimum atomic E-state index is -0.262. The highest BCUT2D eigenvalue weighted by Crippen LogP contribution is 2.19. The molecule has 0 aromatic heterocycles. The molecule has 0 saturated carbocycles. The van der Waals surface area contributed by atoms with Crippen molar-refractivity contribution in [1.82, 2.24) is 4.90 Å². The van der Waals surface area contributed by atoms with Crippen molar-refractivity contribution in [2.75, 3.05) is 6.54 Å². The van der Waals surface area contributed by atoms with Crippen LogP contribution < -0.4 is 5.73 Å². The minimum absolute atomic E-state index is 0.0275. The fourth-order valence-corrected chi connectivity index (χ4v) is 2.54. The predicted octanol–water partition coefficient (Wildman–Crippen LogP) is 1.27. The van der Waals surface area contributed by atoms with E-state index in [0.29, 0.717) is 13.0 Å². The number of amidine groups is 1. The highest BCUT2D eigenvalue weighted by Gasteiger charge is 2.31. The Bertz CT molecular complexity index is 499. The summed E-state index contributed by atoms with van der Waals surface area (Å²) in [5.74, 6) is 0.148. The fraction of sp³-hybridized carbons (Fsp3) is 0.429. The van der Waals surface area contributed by atoms with Gasteiger partial charge in [0.15, 0.2) is 5.84 Å². The quantitative estimate of drug-likeness (QED) is 0.372. The van der Waals surface area contributed by atoms with Gasteiger partial charge in [-0.3, -0.25) is 4.79 Å². The number of aryl methyl sites for hydroxylation is 1. The van der Waals surface area contributed by atoms with Crippen LogP contribution in [0.15, 0.2) is 29.4 Å². The van der Waals surface area contributed by atoms with Gasteiger partial charge in [-0.1, -0.05) is 35.0 Å². The third-order valence-electron chi connectivity index (χ3n) is 3.47. The topological polar surface area (TPSA) is 78.9 Å². The minimum Gasteiger partial charge on any atom is -0.409 e. The molecule has 1 aliphatic rings. The zero-order chi connectivity index (χ0) is 13.8. The molecule has 1 heterocycles. The van der Waals surface area contributed by atoms with Gasteiger partial charge in [0.05, 0.1) is 12.5 Å². The van der Waals surface area contributed by atoms with Crippen LogP contribution in [0.5, 0.6) is 0 Å². The number of likely N-dealkylation sites (tertiary alicyclic amines) is 1. The average Bonchev–Trinajstić information content (AvgIpc) is 2.87. The van der Waals surface area contributed by atoms with E-state index in [-0.39, 0.29) is 17.8 Å². The van der Waals surface area contributed by atoms with E-state index in [4.69, 9.17) is 10.9 Å². The summed E-state index contributed by atoms with van der Waals surface area (Å²) >= 11 is 0. The largest absolute Gasteiger partial charge is 0.409 e. The Balaban J connectivity index is 2.07. The van der Waals surface area contributed by atoms with Gasteiger partial charge in [0.25, 0.3) is 0 Å². The van der Waals surface area contributed by atoms with Gasteiger partial charge in [-0.15, -0.1) is 0 Å². The fourth-order valence-electron chi connectivity index (χ4n) is 2.54. The first-order chi connectivity index (χ1) is 9.11. The van der Waals surface area contributed by atoms with Crippen LogP contribution in [0, 0.1) is 6.92 Å². The molecule has 0 spiro atoms. The number of nitrogens with two attached hydrogens (primary N) is 1. The number of hydrogen-bond acceptors (Lipinski definition) is 3. The van der Waals surface area contributed by atoms with Gasteiger partial charge in [-0.2, -0.15) is 0 Å². The van der Waals surface area contributed by atoms with Crippen LogP contribution in [0.25, 0.3) is 0 Å². The first-order valence-corrected chi connectivity index (χ1v) is 6.44. The van der Waals surface area contributed by atoms with Gasteiger partial charge in [0.2, 0.25) is 5.91 Å². The number of carbonyl (C=O) groups excluding carboxylic acids is 1. The molecule has 2 rings (SSSR count). The summed E-state index contributed by atoms with van der Waals surface area (Å²) in [5.41, 5.74) is 7.76. The molecule has 1 aliphatic heterocycles. The lowest BCUT2D eigenvalue weighted by Gasteiger charge is -2.23. The van der Waals surface area contributed by atoms with Crippen LogP contribution in [0.4, 0.5) is 0 Å². The molecule has 0 bridgehead atoms. The molecule has 3 N–H and O–H groups in total. The third kappa shape index (κ3) is 3.05. The smallest absolute Gasteiger partial charge is 0.227 e. The SMILES string of the molecule is Cc1cccc(CC(=O)N2CCCC2C(N)=NO)c1. The summed E-state index contributed by atoms with van der Waals surface area (Å²) in [4.78, 5) is 14.0. The molecular formula is C14H19N3O2. The lowest BCUT2D eigenvalue weighted by atomic mass is 10.1. The number of rotatable bonds is 3. The molecular weight excluding hydrogens is 242 g/mol. The van der Waals surface area contributed by atoms with Crippen molar-refractivity contribution in [2.45, 2.75) is 32.2 Å². The van der Waals surface area contributed by atoms with E-state index in [1.807, 2.05) is 31.2 Å². The van der Waals surface area contributed by atoms with E-state index in [1.54, 1.807) is 4.90 Å². The Kier molecular flexibility index (Phi) is 4.04. The van der Waals surface area contributed by atoms with Gasteiger partial charge >= 0.3 is 0 Å². The van der Waals surface area contributed by atoms with E-state index < -0.39 is 0 Å². The summed E-state index contributed by atoms with van der Waals surface area (Å²) in [7, 11) is 0. The standard InChI is InChI=1S/C14H19N3O2/c1-10-4-2-5-11(8-10)9-13(18)17-7-3-6-12(17)14(15)16-19/h2,4-5,8,12,19H,3,6-7,9H2,1H3,(H2,15,16). The number of hydrogen-bond donors (Lipinski definition) is 2. The molecule has 102 valence electrons. The number of carbonyl (C=O) groups is 1. The van der Waals surface area contributed by atoms with E-state index in [0.717, 1.165) is 24.0 Å². The lowest BCUT2D eigenvalue weighted by molar-refractivity contribution is -0.130. The molecule has 5 nitrogen and oxygen atoms in total. The Morgan fingerprint density at radius 3 is 3.05 bits per heavy atom. The Hall–Kier alpha value is -2.04. The maximum atomic E-state index is 12.3. The zero-order valence-corrected chi connectivity index (χ0v) is 11.0. The van der Waals surface area contributed by atoms with Crippen LogP contribution >= 0.6 is 0 Å². The molecule has 5 heteroatoms. The highest BCUT2D eigenvalue weighted by atomic mass is 16.4. The van der Waals surface area contributed by atoms with Gasteiger partial charge in [-0.05, 0) is 25.3 Å². The second-order valence-electron chi connectivity index (χ2n) is 4.94. The van der Waals surface area contributed by atoms with E-state index in [2.05, 4.69) is 5.16 Å². The number of amides is 1. The second-order valence-corrected chi connectivity index (χ2v) is 4.94. The van der Waals surface area contributed by atoms with Crippen molar-refractivity contribution in [3.8, 4) is 0 Å². The molecule has 1 saturated heterocycles. The molecule has 1 amide bonds. The summed E-state index contributed by atoms with van der Waals surface area (Å²) in [6.45, 7) is 2.68. The van der Waals surface area contributed by atoms with Crippen LogP contribution in [0.3, 0.4) is 0 Å². The molecule has 1 aromatic rings. The maximum absolute atomic E-state index is 12.3. The van der Waals surface area contributed by atoms with Gasteiger partial charge < -0.3 is 15.8 Å². The van der Waals surface area contributed by atoms with E-state index >= 15 is 0 Å². The van der Waals surface area contributed by atoms with Gasteiger partial charge in [0, 0.05) is 6.54 Å². The van der Waals surface area contributed by atoms with Crippen molar-refractivity contribution in [3.05, 3.63) is 35.4 Å². The molecule has 1 aromatic carbocycles. The normalized spacial score (nSPS) is 19.7. The first-order valence-electron chi connectivity index (χ1n) is 6.44. The van der Waals surface area contributed by atoms with Gasteiger partial charge in [-0.25, -0.2) is 0 Å².